The van der Waals surface area contributed by atoms with Crippen LogP contribution in [0, 0.1) is 0 Å². The minimum Gasteiger partial charge on any atom is -0.507 e. The number of carbonyl (C=O) groups is 1. The van der Waals surface area contributed by atoms with Gasteiger partial charge in [-0.15, -0.1) is 0 Å². The Morgan fingerprint density at radius 3 is 2.69 bits per heavy atom. The van der Waals surface area contributed by atoms with Crippen LogP contribution in [-0.4, -0.2) is 28.9 Å². The van der Waals surface area contributed by atoms with Gasteiger partial charge in [0.05, 0.1) is 24.3 Å². The van der Waals surface area contributed by atoms with Gasteiger partial charge < -0.3 is 14.4 Å². The molecule has 0 atom stereocenters. The molecule has 0 bridgehead atoms. The molecule has 0 aliphatic rings. The summed E-state index contributed by atoms with van der Waals surface area (Å²) in [5.74, 6) is 0.230. The number of nitrogens with zero attached hydrogens (tertiary/aromatic N) is 2. The number of halogens is 1. The van der Waals surface area contributed by atoms with Crippen molar-refractivity contribution in [3.05, 3.63) is 92.3 Å². The molecule has 0 aliphatic carbocycles. The van der Waals surface area contributed by atoms with Crippen LogP contribution in [0.5, 0.6) is 11.5 Å². The lowest BCUT2D eigenvalue weighted by molar-refractivity contribution is 0.0953. The maximum absolute atomic E-state index is 12.6. The van der Waals surface area contributed by atoms with Gasteiger partial charge in [0.25, 0.3) is 11.5 Å². The summed E-state index contributed by atoms with van der Waals surface area (Å²) >= 11 is 3.21. The Morgan fingerprint density at radius 2 is 2.00 bits per heavy atom. The fourth-order valence-electron chi connectivity index (χ4n) is 2.59. The molecule has 8 heteroatoms. The summed E-state index contributed by atoms with van der Waals surface area (Å²) in [5, 5.41) is 13.4. The molecule has 1 amide bonds. The van der Waals surface area contributed by atoms with Crippen LogP contribution in [0.15, 0.2) is 75.2 Å². The number of ether oxygens (including phenoxy) is 1. The molecule has 0 spiro atoms. The number of hydrazone groups is 1. The predicted molar refractivity (Wildman–Crippen MR) is 114 cm³/mol. The fraction of sp³-hybridized carbons (Fsp3) is 0.0952. The Hall–Kier alpha value is -3.39. The van der Waals surface area contributed by atoms with E-state index >= 15 is 0 Å². The Bertz CT molecular complexity index is 1110. The number of nitrogens with one attached hydrogen (secondary N) is 1. The molecule has 29 heavy (non-hydrogen) atoms. The Kier molecular flexibility index (Phi) is 6.46. The lowest BCUT2D eigenvalue weighted by Gasteiger charge is -2.08. The predicted octanol–water partition coefficient (Wildman–Crippen LogP) is 3.14. The summed E-state index contributed by atoms with van der Waals surface area (Å²) in [4.78, 5) is 25.0. The second-order valence-electron chi connectivity index (χ2n) is 6.11. The van der Waals surface area contributed by atoms with Crippen LogP contribution in [0.4, 0.5) is 0 Å². The second-order valence-corrected chi connectivity index (χ2v) is 6.97. The van der Waals surface area contributed by atoms with Crippen LogP contribution in [0.2, 0.25) is 0 Å². The van der Waals surface area contributed by atoms with E-state index in [1.54, 1.807) is 31.5 Å². The zero-order chi connectivity index (χ0) is 20.8. The lowest BCUT2D eigenvalue weighted by Crippen LogP contribution is -2.30. The van der Waals surface area contributed by atoms with Crippen molar-refractivity contribution in [1.82, 2.24) is 9.99 Å². The maximum atomic E-state index is 12.6. The fourth-order valence-corrected chi connectivity index (χ4v) is 2.99. The number of benzene rings is 2. The molecule has 148 valence electrons. The number of carbonyl (C=O) groups excluding carboxylic acids is 1. The van der Waals surface area contributed by atoms with Crippen molar-refractivity contribution in [3.63, 3.8) is 0 Å². The van der Waals surface area contributed by atoms with Crippen molar-refractivity contribution in [2.75, 3.05) is 7.11 Å². The highest BCUT2D eigenvalue weighted by Gasteiger charge is 2.11. The van der Waals surface area contributed by atoms with Crippen molar-refractivity contribution in [3.8, 4) is 11.5 Å². The summed E-state index contributed by atoms with van der Waals surface area (Å²) in [6.07, 6.45) is 3.04. The number of aromatic nitrogens is 1. The van der Waals surface area contributed by atoms with E-state index in [-0.39, 0.29) is 11.3 Å². The maximum Gasteiger partial charge on any atom is 0.276 e. The minimum atomic E-state index is -0.604. The highest BCUT2D eigenvalue weighted by Crippen LogP contribution is 2.23. The molecule has 2 aromatic carbocycles. The Labute approximate surface area is 175 Å². The van der Waals surface area contributed by atoms with E-state index in [2.05, 4.69) is 26.5 Å². The van der Waals surface area contributed by atoms with Gasteiger partial charge in [0, 0.05) is 6.20 Å². The zero-order valence-corrected chi connectivity index (χ0v) is 17.1. The topological polar surface area (TPSA) is 92.9 Å². The van der Waals surface area contributed by atoms with Gasteiger partial charge in [-0.25, -0.2) is 5.43 Å². The molecule has 3 aromatic rings. The number of hydrogen-bond acceptors (Lipinski definition) is 5. The van der Waals surface area contributed by atoms with E-state index in [0.29, 0.717) is 16.6 Å². The first-order valence-electron chi connectivity index (χ1n) is 8.62. The third kappa shape index (κ3) is 5.11. The lowest BCUT2D eigenvalue weighted by atomic mass is 10.2. The van der Waals surface area contributed by atoms with Crippen LogP contribution >= 0.6 is 15.9 Å². The normalized spacial score (nSPS) is 10.8. The van der Waals surface area contributed by atoms with Crippen LogP contribution in [0.3, 0.4) is 0 Å². The standard InChI is InChI=1S/C21H18BrN3O4/c1-29-16-7-4-14(5-8-16)13-25-10-2-3-17(21(25)28)20(27)24-23-12-15-6-9-19(26)18(22)11-15/h2-12,26H,13H2,1H3,(H,24,27)/b23-12-. The summed E-state index contributed by atoms with van der Waals surface area (Å²) in [6.45, 7) is 0.328. The average molecular weight is 456 g/mol. The molecule has 0 saturated carbocycles. The van der Waals surface area contributed by atoms with Gasteiger partial charge in [-0.3, -0.25) is 9.59 Å². The first-order valence-corrected chi connectivity index (χ1v) is 9.41. The highest BCUT2D eigenvalue weighted by molar-refractivity contribution is 9.10. The van der Waals surface area contributed by atoms with Gasteiger partial charge in [-0.2, -0.15) is 5.10 Å². The smallest absolute Gasteiger partial charge is 0.276 e. The van der Waals surface area contributed by atoms with E-state index in [9.17, 15) is 14.7 Å². The molecule has 0 aliphatic heterocycles. The number of phenolic OH excluding ortho intramolecular Hbond substituents is 1. The van der Waals surface area contributed by atoms with Crippen molar-refractivity contribution in [2.24, 2.45) is 5.10 Å². The van der Waals surface area contributed by atoms with Crippen LogP contribution < -0.4 is 15.7 Å². The van der Waals surface area contributed by atoms with Crippen molar-refractivity contribution >= 4 is 28.1 Å². The number of rotatable bonds is 6. The Balaban J connectivity index is 1.72. The van der Waals surface area contributed by atoms with Gasteiger partial charge >= 0.3 is 0 Å². The number of hydrogen-bond donors (Lipinski definition) is 2. The highest BCUT2D eigenvalue weighted by atomic mass is 79.9. The van der Waals surface area contributed by atoms with Gasteiger partial charge in [0.1, 0.15) is 17.1 Å². The zero-order valence-electron chi connectivity index (χ0n) is 15.5. The van der Waals surface area contributed by atoms with Gasteiger partial charge in [0.2, 0.25) is 0 Å². The van der Waals surface area contributed by atoms with E-state index < -0.39 is 11.5 Å². The van der Waals surface area contributed by atoms with Crippen molar-refractivity contribution in [1.29, 1.82) is 0 Å². The Morgan fingerprint density at radius 1 is 1.24 bits per heavy atom. The minimum absolute atomic E-state index is 0.00921. The van der Waals surface area contributed by atoms with Crippen molar-refractivity contribution < 1.29 is 14.6 Å². The van der Waals surface area contributed by atoms with Gasteiger partial charge in [0.15, 0.2) is 0 Å². The van der Waals surface area contributed by atoms with E-state index in [1.807, 2.05) is 24.3 Å². The summed E-state index contributed by atoms with van der Waals surface area (Å²) in [6, 6.07) is 15.2. The second kappa shape index (κ2) is 9.20. The molecule has 1 heterocycles. The van der Waals surface area contributed by atoms with E-state index in [4.69, 9.17) is 4.74 Å². The first kappa shape index (κ1) is 20.3. The molecule has 0 fully saturated rings. The molecule has 0 radical (unpaired) electrons. The van der Waals surface area contributed by atoms with Gasteiger partial charge in [-0.1, -0.05) is 12.1 Å². The van der Waals surface area contributed by atoms with E-state index in [0.717, 1.165) is 11.3 Å². The molecule has 7 nitrogen and oxygen atoms in total. The van der Waals surface area contributed by atoms with Crippen LogP contribution in [0.25, 0.3) is 0 Å². The molecule has 3 rings (SSSR count). The largest absolute Gasteiger partial charge is 0.507 e. The first-order chi connectivity index (χ1) is 14.0. The average Bonchev–Trinajstić information content (AvgIpc) is 2.72. The monoisotopic (exact) mass is 455 g/mol. The van der Waals surface area contributed by atoms with Gasteiger partial charge in [-0.05, 0) is 69.5 Å². The summed E-state index contributed by atoms with van der Waals surface area (Å²) < 4.78 is 7.09. The summed E-state index contributed by atoms with van der Waals surface area (Å²) in [7, 11) is 1.59. The number of aromatic hydroxyl groups is 1. The SMILES string of the molecule is COc1ccc(Cn2cccc(C(=O)N/N=C\c3ccc(O)c(Br)c3)c2=O)cc1. The number of phenols is 1. The van der Waals surface area contributed by atoms with E-state index in [1.165, 1.54) is 22.9 Å². The molecule has 0 saturated heterocycles. The molecular formula is C21H18BrN3O4. The number of amides is 1. The van der Waals surface area contributed by atoms with Crippen LogP contribution in [0.1, 0.15) is 21.5 Å². The van der Waals surface area contributed by atoms with Crippen LogP contribution in [-0.2, 0) is 6.54 Å². The molecule has 0 unspecified atom stereocenters. The summed E-state index contributed by atoms with van der Waals surface area (Å²) in [5.41, 5.74) is 3.50. The molecule has 2 N–H and O–H groups in total. The third-order valence-electron chi connectivity index (χ3n) is 4.13. The van der Waals surface area contributed by atoms with Crippen molar-refractivity contribution in [2.45, 2.75) is 6.54 Å². The quantitative estimate of drug-likeness (QED) is 0.441. The third-order valence-corrected chi connectivity index (χ3v) is 4.76. The number of methoxy groups -OCH3 is 1. The number of pyridine rings is 1. The molecular weight excluding hydrogens is 438 g/mol. The molecule has 1 aromatic heterocycles.